The Morgan fingerprint density at radius 2 is 2.21 bits per heavy atom. The van der Waals surface area contributed by atoms with Crippen LogP contribution < -0.4 is 0 Å². The van der Waals surface area contributed by atoms with E-state index in [0.29, 0.717) is 13.2 Å². The highest BCUT2D eigenvalue weighted by Gasteiger charge is 2.25. The minimum atomic E-state index is -0.662. The fourth-order valence-corrected chi connectivity index (χ4v) is 2.13. The summed E-state index contributed by atoms with van der Waals surface area (Å²) >= 11 is 0. The zero-order valence-electron chi connectivity index (χ0n) is 11.2. The zero-order chi connectivity index (χ0) is 13.5. The minimum absolute atomic E-state index is 0.0978. The highest BCUT2D eigenvalue weighted by molar-refractivity contribution is 5.76. The van der Waals surface area contributed by atoms with E-state index in [9.17, 15) is 4.79 Å². The molecule has 0 amide bonds. The van der Waals surface area contributed by atoms with E-state index < -0.39 is 6.10 Å². The second-order valence-corrected chi connectivity index (χ2v) is 4.51. The lowest BCUT2D eigenvalue weighted by atomic mass is 10.1. The molecule has 0 aromatic heterocycles. The van der Waals surface area contributed by atoms with Gasteiger partial charge in [-0.15, -0.1) is 0 Å². The molecule has 1 fully saturated rings. The molecule has 0 aliphatic carbocycles. The van der Waals surface area contributed by atoms with Gasteiger partial charge in [0.2, 0.25) is 0 Å². The smallest absolute Gasteiger partial charge is 0.339 e. The van der Waals surface area contributed by atoms with Gasteiger partial charge >= 0.3 is 5.97 Å². The Hall–Kier alpha value is -1.39. The van der Waals surface area contributed by atoms with E-state index in [-0.39, 0.29) is 12.1 Å². The van der Waals surface area contributed by atoms with Gasteiger partial charge in [-0.25, -0.2) is 4.79 Å². The van der Waals surface area contributed by atoms with Crippen molar-refractivity contribution < 1.29 is 19.0 Å². The standard InChI is InChI=1S/C15H20O4/c1-2-17-15(16)14(12-7-4-3-5-8-12)19-11-13-9-6-10-18-13/h3-5,7-8,13-14H,2,6,9-11H2,1H3. The maximum Gasteiger partial charge on any atom is 0.339 e. The number of ether oxygens (including phenoxy) is 3. The van der Waals surface area contributed by atoms with Crippen molar-refractivity contribution in [2.75, 3.05) is 19.8 Å². The van der Waals surface area contributed by atoms with Gasteiger partial charge in [-0.05, 0) is 25.3 Å². The van der Waals surface area contributed by atoms with Crippen LogP contribution in [0.3, 0.4) is 0 Å². The van der Waals surface area contributed by atoms with Crippen LogP contribution in [0.4, 0.5) is 0 Å². The van der Waals surface area contributed by atoms with Gasteiger partial charge in [0.15, 0.2) is 6.10 Å². The number of carbonyl (C=O) groups is 1. The topological polar surface area (TPSA) is 44.8 Å². The normalized spacial score (nSPS) is 20.2. The van der Waals surface area contributed by atoms with E-state index in [1.165, 1.54) is 0 Å². The molecule has 0 bridgehead atoms. The fraction of sp³-hybridized carbons (Fsp3) is 0.533. The molecule has 1 aliphatic rings. The Balaban J connectivity index is 1.99. The van der Waals surface area contributed by atoms with Gasteiger partial charge in [0, 0.05) is 6.61 Å². The van der Waals surface area contributed by atoms with Crippen LogP contribution in [0, 0.1) is 0 Å². The van der Waals surface area contributed by atoms with E-state index >= 15 is 0 Å². The number of benzene rings is 1. The minimum Gasteiger partial charge on any atom is -0.464 e. The van der Waals surface area contributed by atoms with Crippen molar-refractivity contribution in [2.24, 2.45) is 0 Å². The third-order valence-corrected chi connectivity index (χ3v) is 3.08. The molecule has 0 N–H and O–H groups in total. The van der Waals surface area contributed by atoms with Gasteiger partial charge in [0.25, 0.3) is 0 Å². The molecule has 2 rings (SSSR count). The largest absolute Gasteiger partial charge is 0.464 e. The summed E-state index contributed by atoms with van der Waals surface area (Å²) in [5, 5.41) is 0. The fourth-order valence-electron chi connectivity index (χ4n) is 2.13. The number of rotatable bonds is 6. The van der Waals surface area contributed by atoms with Crippen molar-refractivity contribution in [1.82, 2.24) is 0 Å². The molecular weight excluding hydrogens is 244 g/mol. The predicted octanol–water partition coefficient (Wildman–Crippen LogP) is 2.49. The lowest BCUT2D eigenvalue weighted by Gasteiger charge is -2.19. The first-order valence-electron chi connectivity index (χ1n) is 6.76. The quantitative estimate of drug-likeness (QED) is 0.740. The molecule has 2 unspecified atom stereocenters. The third kappa shape index (κ3) is 4.04. The van der Waals surface area contributed by atoms with Crippen LogP contribution >= 0.6 is 0 Å². The first-order chi connectivity index (χ1) is 9.31. The molecule has 1 aromatic rings. The van der Waals surface area contributed by atoms with Gasteiger partial charge in [-0.2, -0.15) is 0 Å². The SMILES string of the molecule is CCOC(=O)C(OCC1CCCO1)c1ccccc1. The van der Waals surface area contributed by atoms with Crippen LogP contribution in [-0.4, -0.2) is 31.9 Å². The molecule has 4 nitrogen and oxygen atoms in total. The van der Waals surface area contributed by atoms with Gasteiger partial charge in [0.05, 0.1) is 19.3 Å². The van der Waals surface area contributed by atoms with Crippen molar-refractivity contribution in [3.05, 3.63) is 35.9 Å². The second-order valence-electron chi connectivity index (χ2n) is 4.51. The summed E-state index contributed by atoms with van der Waals surface area (Å²) in [5.41, 5.74) is 0.818. The van der Waals surface area contributed by atoms with Crippen molar-refractivity contribution >= 4 is 5.97 Å². The summed E-state index contributed by atoms with van der Waals surface area (Å²) in [7, 11) is 0. The molecule has 1 heterocycles. The number of hydrogen-bond donors (Lipinski definition) is 0. The second kappa shape index (κ2) is 7.26. The molecule has 104 valence electrons. The molecule has 1 aliphatic heterocycles. The Labute approximate surface area is 113 Å². The maximum atomic E-state index is 12.0. The van der Waals surface area contributed by atoms with Gasteiger partial charge < -0.3 is 14.2 Å². The number of esters is 1. The first kappa shape index (κ1) is 14.0. The van der Waals surface area contributed by atoms with Crippen LogP contribution in [0.5, 0.6) is 0 Å². The summed E-state index contributed by atoms with van der Waals surface area (Å²) in [4.78, 5) is 12.0. The summed E-state index contributed by atoms with van der Waals surface area (Å²) < 4.78 is 16.3. The molecular formula is C15H20O4. The van der Waals surface area contributed by atoms with Crippen molar-refractivity contribution in [3.8, 4) is 0 Å². The average Bonchev–Trinajstić information content (AvgIpc) is 2.94. The van der Waals surface area contributed by atoms with E-state index in [4.69, 9.17) is 14.2 Å². The molecule has 4 heteroatoms. The molecule has 1 saturated heterocycles. The Morgan fingerprint density at radius 3 is 2.84 bits per heavy atom. The monoisotopic (exact) mass is 264 g/mol. The summed E-state index contributed by atoms with van der Waals surface area (Å²) in [6.07, 6.45) is 1.49. The molecule has 0 saturated carbocycles. The summed E-state index contributed by atoms with van der Waals surface area (Å²) in [5.74, 6) is -0.341. The highest BCUT2D eigenvalue weighted by atomic mass is 16.6. The molecule has 0 spiro atoms. The van der Waals surface area contributed by atoms with Crippen molar-refractivity contribution in [3.63, 3.8) is 0 Å². The van der Waals surface area contributed by atoms with E-state index in [0.717, 1.165) is 25.0 Å². The Kier molecular flexibility index (Phi) is 5.36. The van der Waals surface area contributed by atoms with Gasteiger partial charge in [-0.1, -0.05) is 30.3 Å². The number of carbonyl (C=O) groups excluding carboxylic acids is 1. The summed E-state index contributed by atoms with van der Waals surface area (Å²) in [6.45, 7) is 3.35. The number of hydrogen-bond acceptors (Lipinski definition) is 4. The molecule has 2 atom stereocenters. The summed E-state index contributed by atoms with van der Waals surface area (Å²) in [6, 6.07) is 9.42. The maximum absolute atomic E-state index is 12.0. The zero-order valence-corrected chi connectivity index (χ0v) is 11.2. The van der Waals surface area contributed by atoms with Crippen LogP contribution in [0.1, 0.15) is 31.4 Å². The molecule has 0 radical (unpaired) electrons. The van der Waals surface area contributed by atoms with Crippen molar-refractivity contribution in [1.29, 1.82) is 0 Å². The van der Waals surface area contributed by atoms with Crippen LogP contribution in [-0.2, 0) is 19.0 Å². The average molecular weight is 264 g/mol. The Morgan fingerprint density at radius 1 is 1.42 bits per heavy atom. The van der Waals surface area contributed by atoms with E-state index in [1.807, 2.05) is 30.3 Å². The Bertz CT molecular complexity index is 384. The van der Waals surface area contributed by atoms with Crippen LogP contribution in [0.25, 0.3) is 0 Å². The lowest BCUT2D eigenvalue weighted by molar-refractivity contribution is -0.159. The predicted molar refractivity (Wildman–Crippen MR) is 70.7 cm³/mol. The van der Waals surface area contributed by atoms with Crippen LogP contribution in [0.2, 0.25) is 0 Å². The highest BCUT2D eigenvalue weighted by Crippen LogP contribution is 2.21. The van der Waals surface area contributed by atoms with Crippen molar-refractivity contribution in [2.45, 2.75) is 32.0 Å². The van der Waals surface area contributed by atoms with Gasteiger partial charge in [-0.3, -0.25) is 0 Å². The lowest BCUT2D eigenvalue weighted by Crippen LogP contribution is -2.23. The molecule has 19 heavy (non-hydrogen) atoms. The van der Waals surface area contributed by atoms with Crippen LogP contribution in [0.15, 0.2) is 30.3 Å². The van der Waals surface area contributed by atoms with E-state index in [2.05, 4.69) is 0 Å². The van der Waals surface area contributed by atoms with E-state index in [1.54, 1.807) is 6.92 Å². The third-order valence-electron chi connectivity index (χ3n) is 3.08. The first-order valence-corrected chi connectivity index (χ1v) is 6.76. The molecule has 1 aromatic carbocycles. The van der Waals surface area contributed by atoms with Gasteiger partial charge in [0.1, 0.15) is 0 Å².